The number of aromatic amines is 1. The maximum absolute atomic E-state index is 13.1. The molecule has 0 radical (unpaired) electrons. The number of fused-ring (bicyclic) bond motifs is 1. The summed E-state index contributed by atoms with van der Waals surface area (Å²) in [6.07, 6.45) is 1.28. The van der Waals surface area contributed by atoms with Crippen LogP contribution < -0.4 is 5.43 Å². The van der Waals surface area contributed by atoms with Gasteiger partial charge in [0.15, 0.2) is 11.5 Å². The average Bonchev–Trinajstić information content (AvgIpc) is 2.73. The second-order valence-corrected chi connectivity index (χ2v) is 6.22. The van der Waals surface area contributed by atoms with Crippen LogP contribution in [-0.2, 0) is 0 Å². The molecule has 3 aromatic carbocycles. The average molecular weight is 372 g/mol. The zero-order valence-electron chi connectivity index (χ0n) is 14.6. The lowest BCUT2D eigenvalue weighted by molar-refractivity contribution is 0.367. The number of phenols is 3. The fraction of sp³-hybridized carbons (Fsp3) is 0. The molecule has 0 aliphatic carbocycles. The molecule has 0 saturated heterocycles. The number of aliphatic imine (C=N–C) groups is 1. The first-order chi connectivity index (χ1) is 13.6. The number of aromatic nitrogens is 1. The van der Waals surface area contributed by atoms with Gasteiger partial charge in [-0.25, -0.2) is 4.99 Å². The lowest BCUT2D eigenvalue weighted by Gasteiger charge is -2.09. The van der Waals surface area contributed by atoms with Gasteiger partial charge in [-0.1, -0.05) is 42.5 Å². The van der Waals surface area contributed by atoms with E-state index in [1.54, 1.807) is 12.1 Å². The number of hydrogen-bond acceptors (Lipinski definition) is 5. The van der Waals surface area contributed by atoms with Crippen molar-refractivity contribution in [2.24, 2.45) is 4.99 Å². The molecule has 138 valence electrons. The molecule has 4 N–H and O–H groups in total. The van der Waals surface area contributed by atoms with E-state index >= 15 is 0 Å². The summed E-state index contributed by atoms with van der Waals surface area (Å²) < 4.78 is 0. The number of benzene rings is 3. The highest BCUT2D eigenvalue weighted by Crippen LogP contribution is 2.36. The fourth-order valence-corrected chi connectivity index (χ4v) is 2.98. The van der Waals surface area contributed by atoms with Crippen LogP contribution in [0.25, 0.3) is 22.2 Å². The number of rotatable bonds is 3. The van der Waals surface area contributed by atoms with Crippen molar-refractivity contribution in [1.82, 2.24) is 4.98 Å². The first kappa shape index (κ1) is 17.4. The van der Waals surface area contributed by atoms with Gasteiger partial charge in [-0.15, -0.1) is 0 Å². The third-order valence-electron chi connectivity index (χ3n) is 4.44. The smallest absolute Gasteiger partial charge is 0.215 e. The maximum Gasteiger partial charge on any atom is 0.215 e. The van der Waals surface area contributed by atoms with E-state index in [9.17, 15) is 20.1 Å². The van der Waals surface area contributed by atoms with Crippen LogP contribution in [0.4, 0.5) is 5.69 Å². The van der Waals surface area contributed by atoms with Crippen molar-refractivity contribution < 1.29 is 15.3 Å². The van der Waals surface area contributed by atoms with E-state index in [2.05, 4.69) is 9.98 Å². The molecule has 4 aromatic rings. The predicted octanol–water partition coefficient (Wildman–Crippen LogP) is 4.06. The Kier molecular flexibility index (Phi) is 4.29. The third kappa shape index (κ3) is 2.97. The van der Waals surface area contributed by atoms with Crippen molar-refractivity contribution in [3.63, 3.8) is 0 Å². The van der Waals surface area contributed by atoms with Gasteiger partial charge >= 0.3 is 0 Å². The van der Waals surface area contributed by atoms with Crippen LogP contribution in [0.15, 0.2) is 76.5 Å². The van der Waals surface area contributed by atoms with Crippen molar-refractivity contribution in [3.05, 3.63) is 82.5 Å². The Labute approximate surface area is 159 Å². The number of hydrogen-bond donors (Lipinski definition) is 4. The van der Waals surface area contributed by atoms with Crippen molar-refractivity contribution in [3.8, 4) is 28.5 Å². The van der Waals surface area contributed by atoms with Crippen LogP contribution >= 0.6 is 0 Å². The second-order valence-electron chi connectivity index (χ2n) is 6.22. The Morgan fingerprint density at radius 1 is 0.821 bits per heavy atom. The van der Waals surface area contributed by atoms with Crippen molar-refractivity contribution >= 4 is 22.8 Å². The number of nitrogens with one attached hydrogen (secondary N) is 1. The summed E-state index contributed by atoms with van der Waals surface area (Å²) in [6.45, 7) is 0. The summed E-state index contributed by atoms with van der Waals surface area (Å²) in [7, 11) is 0. The zero-order valence-corrected chi connectivity index (χ0v) is 14.6. The Balaban J connectivity index is 1.94. The molecule has 1 aromatic heterocycles. The highest BCUT2D eigenvalue weighted by molar-refractivity contribution is 5.92. The number of phenolic OH excluding ortho intramolecular Hbond substituents is 3. The quantitative estimate of drug-likeness (QED) is 0.321. The SMILES string of the molecule is O=c1c(N=Cc2ccc(O)c(O)c2O)c(-c2ccccc2)[nH]c2ccccc12. The minimum absolute atomic E-state index is 0.168. The van der Waals surface area contributed by atoms with E-state index in [4.69, 9.17) is 0 Å². The van der Waals surface area contributed by atoms with Crippen LogP contribution in [0.2, 0.25) is 0 Å². The van der Waals surface area contributed by atoms with E-state index in [0.717, 1.165) is 5.56 Å². The van der Waals surface area contributed by atoms with Gasteiger partial charge in [-0.3, -0.25) is 4.79 Å². The normalized spacial score (nSPS) is 11.3. The molecule has 0 saturated carbocycles. The number of aromatic hydroxyl groups is 3. The number of para-hydroxylation sites is 1. The maximum atomic E-state index is 13.1. The van der Waals surface area contributed by atoms with E-state index in [-0.39, 0.29) is 16.7 Å². The number of pyridine rings is 1. The molecule has 0 aliphatic heterocycles. The first-order valence-corrected chi connectivity index (χ1v) is 8.54. The van der Waals surface area contributed by atoms with Gasteiger partial charge in [0.05, 0.1) is 5.69 Å². The first-order valence-electron chi connectivity index (χ1n) is 8.54. The van der Waals surface area contributed by atoms with Crippen molar-refractivity contribution in [1.29, 1.82) is 0 Å². The Morgan fingerprint density at radius 2 is 1.54 bits per heavy atom. The molecule has 6 heteroatoms. The Hall–Kier alpha value is -4.06. The minimum atomic E-state index is -0.639. The second kappa shape index (κ2) is 6.92. The Bertz CT molecular complexity index is 1260. The molecule has 0 spiro atoms. The summed E-state index contributed by atoms with van der Waals surface area (Å²) in [5.41, 5.74) is 2.11. The van der Waals surface area contributed by atoms with Gasteiger partial charge in [-0.05, 0) is 24.3 Å². The molecular formula is C22H16N2O4. The molecule has 0 aliphatic rings. The minimum Gasteiger partial charge on any atom is -0.504 e. The summed E-state index contributed by atoms with van der Waals surface area (Å²) >= 11 is 0. The van der Waals surface area contributed by atoms with Crippen LogP contribution in [0.5, 0.6) is 17.2 Å². The number of nitrogens with zero attached hydrogens (tertiary/aromatic N) is 1. The standard InChI is InChI=1S/C22H16N2O4/c25-17-11-10-14(20(26)22(17)28)12-23-19-18(13-6-2-1-3-7-13)24-16-9-5-4-8-15(16)21(19)27/h1-12,25-26,28H,(H,24,27). The molecule has 1 heterocycles. The monoisotopic (exact) mass is 372 g/mol. The molecule has 0 atom stereocenters. The van der Waals surface area contributed by atoms with Crippen molar-refractivity contribution in [2.45, 2.75) is 0 Å². The van der Waals surface area contributed by atoms with E-state index in [1.165, 1.54) is 18.3 Å². The fourth-order valence-electron chi connectivity index (χ4n) is 2.98. The summed E-state index contributed by atoms with van der Waals surface area (Å²) in [4.78, 5) is 20.6. The van der Waals surface area contributed by atoms with E-state index < -0.39 is 17.2 Å². The van der Waals surface area contributed by atoms with Gasteiger partial charge in [0.1, 0.15) is 5.69 Å². The molecule has 0 fully saturated rings. The molecule has 0 bridgehead atoms. The highest BCUT2D eigenvalue weighted by Gasteiger charge is 2.14. The summed E-state index contributed by atoms with van der Waals surface area (Å²) in [5.74, 6) is -1.59. The van der Waals surface area contributed by atoms with Crippen LogP contribution in [0.3, 0.4) is 0 Å². The van der Waals surface area contributed by atoms with Gasteiger partial charge in [0.25, 0.3) is 0 Å². The molecule has 4 rings (SSSR count). The van der Waals surface area contributed by atoms with E-state index in [0.29, 0.717) is 16.6 Å². The van der Waals surface area contributed by atoms with Gasteiger partial charge < -0.3 is 20.3 Å². The zero-order chi connectivity index (χ0) is 19.7. The lowest BCUT2D eigenvalue weighted by Crippen LogP contribution is -2.05. The van der Waals surface area contributed by atoms with Crippen LogP contribution in [-0.4, -0.2) is 26.5 Å². The summed E-state index contributed by atoms with van der Waals surface area (Å²) in [6, 6.07) is 19.1. The lowest BCUT2D eigenvalue weighted by atomic mass is 10.1. The molecular weight excluding hydrogens is 356 g/mol. The van der Waals surface area contributed by atoms with Gasteiger partial charge in [0, 0.05) is 28.2 Å². The molecule has 6 nitrogen and oxygen atoms in total. The van der Waals surface area contributed by atoms with Gasteiger partial charge in [0.2, 0.25) is 11.2 Å². The largest absolute Gasteiger partial charge is 0.504 e. The molecule has 0 amide bonds. The molecule has 0 unspecified atom stereocenters. The van der Waals surface area contributed by atoms with Gasteiger partial charge in [-0.2, -0.15) is 0 Å². The highest BCUT2D eigenvalue weighted by atomic mass is 16.3. The molecule has 28 heavy (non-hydrogen) atoms. The van der Waals surface area contributed by atoms with Crippen LogP contribution in [0, 0.1) is 0 Å². The Morgan fingerprint density at radius 3 is 2.32 bits per heavy atom. The third-order valence-corrected chi connectivity index (χ3v) is 4.44. The number of H-pyrrole nitrogens is 1. The van der Waals surface area contributed by atoms with Crippen LogP contribution in [0.1, 0.15) is 5.56 Å². The topological polar surface area (TPSA) is 106 Å². The predicted molar refractivity (Wildman–Crippen MR) is 109 cm³/mol. The van der Waals surface area contributed by atoms with Crippen molar-refractivity contribution in [2.75, 3.05) is 0 Å². The summed E-state index contributed by atoms with van der Waals surface area (Å²) in [5, 5.41) is 29.6. The van der Waals surface area contributed by atoms with E-state index in [1.807, 2.05) is 42.5 Å².